The van der Waals surface area contributed by atoms with E-state index >= 15 is 0 Å². The monoisotopic (exact) mass is 634 g/mol. The number of aromatic nitrogens is 1. The molecule has 1 aromatic heterocycles. The van der Waals surface area contributed by atoms with Gasteiger partial charge in [0.1, 0.15) is 5.69 Å². The summed E-state index contributed by atoms with van der Waals surface area (Å²) >= 11 is 1.34. The second-order valence-electron chi connectivity index (χ2n) is 13.8. The van der Waals surface area contributed by atoms with Crippen molar-refractivity contribution in [3.63, 3.8) is 0 Å². The average Bonchev–Trinajstić information content (AvgIpc) is 3.58. The molecule has 3 aromatic rings. The van der Waals surface area contributed by atoms with Crippen molar-refractivity contribution in [2.24, 2.45) is 17.8 Å². The van der Waals surface area contributed by atoms with Crippen LogP contribution in [-0.4, -0.2) is 60.6 Å². The van der Waals surface area contributed by atoms with Crippen LogP contribution in [0.2, 0.25) is 0 Å². The largest absolute Gasteiger partial charge is 0.433 e. The number of piperidine rings is 1. The Hall–Kier alpha value is -2.55. The lowest BCUT2D eigenvalue weighted by atomic mass is 9.57. The van der Waals surface area contributed by atoms with Gasteiger partial charge in [0.2, 0.25) is 0 Å². The van der Waals surface area contributed by atoms with Crippen LogP contribution in [0.1, 0.15) is 62.3 Å². The first-order valence-corrected chi connectivity index (χ1v) is 17.7. The molecule has 1 atom stereocenters. The first kappa shape index (κ1) is 31.1. The highest BCUT2D eigenvalue weighted by atomic mass is 32.2. The highest BCUT2D eigenvalue weighted by Crippen LogP contribution is 2.53. The van der Waals surface area contributed by atoms with Gasteiger partial charge < -0.3 is 9.80 Å². The van der Waals surface area contributed by atoms with Gasteiger partial charge in [-0.25, -0.2) is 0 Å². The van der Waals surface area contributed by atoms with Crippen LogP contribution in [0.3, 0.4) is 0 Å². The summed E-state index contributed by atoms with van der Waals surface area (Å²) in [5.74, 6) is 2.26. The number of alkyl halides is 3. The third kappa shape index (κ3) is 6.39. The lowest BCUT2D eigenvalue weighted by molar-refractivity contribution is -0.141. The first-order chi connectivity index (χ1) is 21.8. The summed E-state index contributed by atoms with van der Waals surface area (Å²) in [7, 11) is 0. The van der Waals surface area contributed by atoms with Gasteiger partial charge in [0, 0.05) is 65.7 Å². The van der Waals surface area contributed by atoms with Crippen LogP contribution in [0.5, 0.6) is 0 Å². The lowest BCUT2D eigenvalue weighted by Crippen LogP contribution is -2.57. The maximum atomic E-state index is 13.0. The normalized spacial score (nSPS) is 24.1. The first-order valence-electron chi connectivity index (χ1n) is 16.9. The Balaban J connectivity index is 0.937. The molecule has 1 aliphatic carbocycles. The van der Waals surface area contributed by atoms with E-state index in [1.54, 1.807) is 17.2 Å². The van der Waals surface area contributed by atoms with Crippen LogP contribution in [0.4, 0.5) is 18.9 Å². The molecule has 0 spiro atoms. The van der Waals surface area contributed by atoms with E-state index in [0.29, 0.717) is 16.2 Å². The number of likely N-dealkylation sites (N-methyl/N-ethyl adjacent to an activating group) is 1. The molecule has 0 amide bonds. The molecule has 3 fully saturated rings. The predicted octanol–water partition coefficient (Wildman–Crippen LogP) is 8.36. The van der Waals surface area contributed by atoms with Crippen LogP contribution in [0.15, 0.2) is 76.7 Å². The van der Waals surface area contributed by atoms with Crippen molar-refractivity contribution in [2.45, 2.75) is 73.4 Å². The summed E-state index contributed by atoms with van der Waals surface area (Å²) in [5.41, 5.74) is 3.91. The van der Waals surface area contributed by atoms with Crippen LogP contribution >= 0.6 is 11.8 Å². The molecular formula is C37H45F3N4S. The molecule has 8 heteroatoms. The zero-order chi connectivity index (χ0) is 31.0. The molecule has 4 heterocycles. The van der Waals surface area contributed by atoms with Crippen LogP contribution in [0, 0.1) is 17.8 Å². The highest BCUT2D eigenvalue weighted by Gasteiger charge is 2.51. The number of hydrogen-bond donors (Lipinski definition) is 0. The van der Waals surface area contributed by atoms with Crippen molar-refractivity contribution < 1.29 is 13.2 Å². The Bertz CT molecular complexity index is 1440. The van der Waals surface area contributed by atoms with E-state index in [9.17, 15) is 13.2 Å². The number of benzene rings is 2. The molecule has 7 rings (SSSR count). The predicted molar refractivity (Wildman–Crippen MR) is 176 cm³/mol. The van der Waals surface area contributed by atoms with Crippen molar-refractivity contribution in [1.82, 2.24) is 14.8 Å². The summed E-state index contributed by atoms with van der Waals surface area (Å²) < 4.78 is 39.1. The molecule has 1 unspecified atom stereocenters. The van der Waals surface area contributed by atoms with Crippen molar-refractivity contribution in [3.05, 3.63) is 83.7 Å². The molecule has 240 valence electrons. The molecule has 4 aliphatic rings. The fraction of sp³-hybridized carbons (Fsp3) is 0.541. The molecule has 1 saturated carbocycles. The van der Waals surface area contributed by atoms with E-state index in [0.717, 1.165) is 49.0 Å². The minimum absolute atomic E-state index is 0.309. The van der Waals surface area contributed by atoms with E-state index in [4.69, 9.17) is 0 Å². The smallest absolute Gasteiger partial charge is 0.371 e. The minimum atomic E-state index is -4.43. The van der Waals surface area contributed by atoms with E-state index < -0.39 is 11.9 Å². The topological polar surface area (TPSA) is 22.6 Å². The second-order valence-corrected chi connectivity index (χ2v) is 14.9. The Morgan fingerprint density at radius 2 is 1.58 bits per heavy atom. The molecule has 2 saturated heterocycles. The molecule has 0 N–H and O–H groups in total. The molecular weight excluding hydrogens is 589 g/mol. The quantitative estimate of drug-likeness (QED) is 0.248. The number of likely N-dealkylation sites (tertiary alicyclic amines) is 1. The molecule has 4 nitrogen and oxygen atoms in total. The summed E-state index contributed by atoms with van der Waals surface area (Å²) in [6.07, 6.45) is 4.99. The van der Waals surface area contributed by atoms with Gasteiger partial charge in [-0.3, -0.25) is 9.88 Å². The van der Waals surface area contributed by atoms with E-state index in [1.165, 1.54) is 88.4 Å². The van der Waals surface area contributed by atoms with Crippen molar-refractivity contribution in [2.75, 3.05) is 50.7 Å². The number of nitrogens with zero attached hydrogens (tertiary/aromatic N) is 4. The summed E-state index contributed by atoms with van der Waals surface area (Å²) in [5, 5.41) is 0. The summed E-state index contributed by atoms with van der Waals surface area (Å²) in [6, 6.07) is 20.4. The van der Waals surface area contributed by atoms with Gasteiger partial charge in [-0.15, -0.1) is 0 Å². The third-order valence-corrected chi connectivity index (χ3v) is 12.2. The van der Waals surface area contributed by atoms with Crippen LogP contribution in [-0.2, 0) is 18.1 Å². The number of rotatable bonds is 8. The van der Waals surface area contributed by atoms with E-state index in [2.05, 4.69) is 63.0 Å². The van der Waals surface area contributed by atoms with Gasteiger partial charge >= 0.3 is 6.18 Å². The number of pyridine rings is 1. The number of halogens is 3. The van der Waals surface area contributed by atoms with Gasteiger partial charge in [-0.05, 0) is 105 Å². The third-order valence-electron chi connectivity index (χ3n) is 11.2. The van der Waals surface area contributed by atoms with Gasteiger partial charge in [-0.2, -0.15) is 13.2 Å². The standard InChI is InChI=1S/C37H45F3N4S/c1-2-42-25-28-7-3-6-10-34(28)36(26-42,29-8-4-5-9-29)30-16-19-43(20-17-30)22-27-23-44(24-27)31-11-13-32(14-12-31)45-33-15-18-41-35(21-33)37(38,39)40/h3,6-7,10-15,18,21,27,29-30H,2,4-5,8-9,16-17,19-20,22-26H2,1H3. The minimum Gasteiger partial charge on any atom is -0.371 e. The Labute approximate surface area is 270 Å². The number of hydrogen-bond acceptors (Lipinski definition) is 5. The maximum Gasteiger partial charge on any atom is 0.433 e. The SMILES string of the molecule is CCN1Cc2ccccc2C(C2CCCC2)(C2CCN(CC3CN(c4ccc(Sc5ccnc(C(F)(F)F)c5)cc4)C3)CC2)C1. The van der Waals surface area contributed by atoms with Crippen molar-refractivity contribution in [3.8, 4) is 0 Å². The van der Waals surface area contributed by atoms with E-state index in [1.807, 2.05) is 12.1 Å². The highest BCUT2D eigenvalue weighted by molar-refractivity contribution is 7.99. The molecule has 2 aromatic carbocycles. The fourth-order valence-electron chi connectivity index (χ4n) is 8.94. The fourth-order valence-corrected chi connectivity index (χ4v) is 9.79. The molecule has 45 heavy (non-hydrogen) atoms. The molecule has 0 radical (unpaired) electrons. The average molecular weight is 635 g/mol. The maximum absolute atomic E-state index is 13.0. The lowest BCUT2D eigenvalue weighted by Gasteiger charge is -2.54. The van der Waals surface area contributed by atoms with Gasteiger partial charge in [0.15, 0.2) is 0 Å². The Morgan fingerprint density at radius 3 is 2.29 bits per heavy atom. The number of fused-ring (bicyclic) bond motifs is 1. The zero-order valence-electron chi connectivity index (χ0n) is 26.3. The van der Waals surface area contributed by atoms with E-state index in [-0.39, 0.29) is 0 Å². The van der Waals surface area contributed by atoms with Gasteiger partial charge in [0.25, 0.3) is 0 Å². The molecule has 0 bridgehead atoms. The van der Waals surface area contributed by atoms with Gasteiger partial charge in [-0.1, -0.05) is 55.8 Å². The Morgan fingerprint density at radius 1 is 0.867 bits per heavy atom. The summed E-state index contributed by atoms with van der Waals surface area (Å²) in [4.78, 5) is 12.8. The van der Waals surface area contributed by atoms with Crippen LogP contribution < -0.4 is 4.90 Å². The van der Waals surface area contributed by atoms with Crippen LogP contribution in [0.25, 0.3) is 0 Å². The second kappa shape index (κ2) is 12.9. The van der Waals surface area contributed by atoms with Crippen molar-refractivity contribution >= 4 is 17.4 Å². The summed E-state index contributed by atoms with van der Waals surface area (Å²) in [6.45, 7) is 11.5. The zero-order valence-corrected chi connectivity index (χ0v) is 27.1. The van der Waals surface area contributed by atoms with Gasteiger partial charge in [0.05, 0.1) is 0 Å². The molecule has 3 aliphatic heterocycles. The van der Waals surface area contributed by atoms with Crippen molar-refractivity contribution in [1.29, 1.82) is 0 Å². The number of anilines is 1. The Kier molecular flexibility index (Phi) is 8.92.